The Kier molecular flexibility index (Phi) is 7.33. The van der Waals surface area contributed by atoms with Gasteiger partial charge in [-0.25, -0.2) is 8.42 Å². The summed E-state index contributed by atoms with van der Waals surface area (Å²) in [6, 6.07) is 13.2. The number of nitrogens with zero attached hydrogens (tertiary/aromatic N) is 1. The standard InChI is InChI=1S/C20H26N2O3S2/c1-15-9-7-11-18(16(15)2)22(27(4,24)25)14-8-13-20(23)21-17-10-5-6-12-19(17)26-3/h5-7,9-12H,8,13-14H2,1-4H3,(H,21,23). The number of hydrogen-bond donors (Lipinski definition) is 1. The smallest absolute Gasteiger partial charge is 0.232 e. The first kappa shape index (κ1) is 21.3. The number of aryl methyl sites for hydroxylation is 1. The first-order valence-corrected chi connectivity index (χ1v) is 11.8. The largest absolute Gasteiger partial charge is 0.325 e. The Bertz CT molecular complexity index is 911. The number of anilines is 2. The second-order valence-corrected chi connectivity index (χ2v) is 9.16. The van der Waals surface area contributed by atoms with Crippen LogP contribution in [0.25, 0.3) is 0 Å². The molecule has 0 heterocycles. The minimum absolute atomic E-state index is 0.120. The van der Waals surface area contributed by atoms with Gasteiger partial charge >= 0.3 is 0 Å². The van der Waals surface area contributed by atoms with E-state index in [0.29, 0.717) is 12.1 Å². The number of rotatable bonds is 8. The van der Waals surface area contributed by atoms with Crippen molar-refractivity contribution in [1.29, 1.82) is 0 Å². The minimum Gasteiger partial charge on any atom is -0.325 e. The normalized spacial score (nSPS) is 11.3. The Hall–Kier alpha value is -1.99. The van der Waals surface area contributed by atoms with Crippen molar-refractivity contribution < 1.29 is 13.2 Å². The van der Waals surface area contributed by atoms with Crippen LogP contribution >= 0.6 is 11.8 Å². The second-order valence-electron chi connectivity index (χ2n) is 6.41. The Morgan fingerprint density at radius 1 is 1.11 bits per heavy atom. The lowest BCUT2D eigenvalue weighted by Crippen LogP contribution is -2.32. The van der Waals surface area contributed by atoms with E-state index < -0.39 is 10.0 Å². The summed E-state index contributed by atoms with van der Waals surface area (Å²) in [5.74, 6) is -0.120. The van der Waals surface area contributed by atoms with Gasteiger partial charge in [0.05, 0.1) is 17.6 Å². The lowest BCUT2D eigenvalue weighted by Gasteiger charge is -2.25. The highest BCUT2D eigenvalue weighted by Gasteiger charge is 2.20. The van der Waals surface area contributed by atoms with Crippen LogP contribution in [0.1, 0.15) is 24.0 Å². The van der Waals surface area contributed by atoms with Crippen molar-refractivity contribution in [2.45, 2.75) is 31.6 Å². The summed E-state index contributed by atoms with van der Waals surface area (Å²) in [6.45, 7) is 4.13. The third-order valence-corrected chi connectivity index (χ3v) is 6.37. The molecule has 2 aromatic carbocycles. The molecule has 0 aliphatic carbocycles. The monoisotopic (exact) mass is 406 g/mol. The molecule has 0 aliphatic rings. The molecule has 0 unspecified atom stereocenters. The Balaban J connectivity index is 2.04. The molecule has 0 radical (unpaired) electrons. The molecule has 1 amide bonds. The van der Waals surface area contributed by atoms with E-state index in [0.717, 1.165) is 21.7 Å². The summed E-state index contributed by atoms with van der Waals surface area (Å²) in [5, 5.41) is 2.91. The van der Waals surface area contributed by atoms with Gasteiger partial charge in [-0.05, 0) is 55.9 Å². The quantitative estimate of drug-likeness (QED) is 0.667. The fourth-order valence-corrected chi connectivity index (χ4v) is 4.38. The summed E-state index contributed by atoms with van der Waals surface area (Å²) >= 11 is 1.57. The molecule has 2 rings (SSSR count). The third kappa shape index (κ3) is 5.74. The molecule has 0 bridgehead atoms. The van der Waals surface area contributed by atoms with Gasteiger partial charge in [-0.1, -0.05) is 24.3 Å². The van der Waals surface area contributed by atoms with E-state index in [1.165, 1.54) is 10.6 Å². The summed E-state index contributed by atoms with van der Waals surface area (Å²) in [4.78, 5) is 13.3. The van der Waals surface area contributed by atoms with Crippen LogP contribution in [0.3, 0.4) is 0 Å². The van der Waals surface area contributed by atoms with Gasteiger partial charge in [-0.2, -0.15) is 0 Å². The lowest BCUT2D eigenvalue weighted by atomic mass is 10.1. The Labute approximate surface area is 166 Å². The Morgan fingerprint density at radius 3 is 2.48 bits per heavy atom. The van der Waals surface area contributed by atoms with Crippen LogP contribution in [0, 0.1) is 13.8 Å². The Morgan fingerprint density at radius 2 is 1.81 bits per heavy atom. The van der Waals surface area contributed by atoms with E-state index >= 15 is 0 Å². The average Bonchev–Trinajstić information content (AvgIpc) is 2.61. The SMILES string of the molecule is CSc1ccccc1NC(=O)CCCN(c1cccc(C)c1C)S(C)(=O)=O. The van der Waals surface area contributed by atoms with E-state index in [1.54, 1.807) is 17.8 Å². The predicted molar refractivity (Wildman–Crippen MR) is 114 cm³/mol. The maximum atomic E-state index is 12.3. The van der Waals surface area contributed by atoms with Gasteiger partial charge in [-0.3, -0.25) is 9.10 Å². The molecule has 0 saturated heterocycles. The van der Waals surface area contributed by atoms with Gasteiger partial charge in [0.2, 0.25) is 15.9 Å². The van der Waals surface area contributed by atoms with Crippen molar-refractivity contribution >= 4 is 39.1 Å². The number of thioether (sulfide) groups is 1. The predicted octanol–water partition coefficient (Wildman–Crippen LogP) is 4.21. The van der Waals surface area contributed by atoms with E-state index in [4.69, 9.17) is 0 Å². The number of benzene rings is 2. The van der Waals surface area contributed by atoms with E-state index in [2.05, 4.69) is 5.32 Å². The van der Waals surface area contributed by atoms with Gasteiger partial charge in [-0.15, -0.1) is 11.8 Å². The number of para-hydroxylation sites is 1. The number of amides is 1. The molecule has 5 nitrogen and oxygen atoms in total. The molecular formula is C20H26N2O3S2. The van der Waals surface area contributed by atoms with Crippen LogP contribution in [-0.4, -0.2) is 33.4 Å². The number of hydrogen-bond acceptors (Lipinski definition) is 4. The molecule has 0 aromatic heterocycles. The zero-order chi connectivity index (χ0) is 20.0. The first-order chi connectivity index (χ1) is 12.7. The molecule has 0 fully saturated rings. The summed E-state index contributed by atoms with van der Waals surface area (Å²) in [5.41, 5.74) is 3.42. The molecule has 0 saturated carbocycles. The zero-order valence-electron chi connectivity index (χ0n) is 16.2. The summed E-state index contributed by atoms with van der Waals surface area (Å²) < 4.78 is 25.9. The van der Waals surface area contributed by atoms with Gasteiger partial charge < -0.3 is 5.32 Å². The van der Waals surface area contributed by atoms with Crippen LogP contribution in [0.2, 0.25) is 0 Å². The van der Waals surface area contributed by atoms with E-state index in [-0.39, 0.29) is 18.9 Å². The second kappa shape index (κ2) is 9.28. The molecular weight excluding hydrogens is 380 g/mol. The highest BCUT2D eigenvalue weighted by atomic mass is 32.2. The molecule has 0 spiro atoms. The number of carbonyl (C=O) groups excluding carboxylic acids is 1. The van der Waals surface area contributed by atoms with Crippen molar-refractivity contribution in [1.82, 2.24) is 0 Å². The summed E-state index contributed by atoms with van der Waals surface area (Å²) in [6.07, 6.45) is 3.84. The molecule has 27 heavy (non-hydrogen) atoms. The van der Waals surface area contributed by atoms with Crippen LogP contribution in [-0.2, 0) is 14.8 Å². The molecule has 0 aliphatic heterocycles. The van der Waals surface area contributed by atoms with Crippen molar-refractivity contribution in [2.75, 3.05) is 28.7 Å². The fraction of sp³-hybridized carbons (Fsp3) is 0.350. The molecule has 2 aromatic rings. The number of nitrogens with one attached hydrogen (secondary N) is 1. The van der Waals surface area contributed by atoms with Crippen molar-refractivity contribution in [3.05, 3.63) is 53.6 Å². The van der Waals surface area contributed by atoms with Gasteiger partial charge in [0.25, 0.3) is 0 Å². The van der Waals surface area contributed by atoms with Crippen LogP contribution in [0.15, 0.2) is 47.4 Å². The number of sulfonamides is 1. The third-order valence-electron chi connectivity index (χ3n) is 4.39. The first-order valence-electron chi connectivity index (χ1n) is 8.71. The number of carbonyl (C=O) groups is 1. The van der Waals surface area contributed by atoms with Crippen molar-refractivity contribution in [2.24, 2.45) is 0 Å². The molecule has 0 atom stereocenters. The van der Waals surface area contributed by atoms with Crippen molar-refractivity contribution in [3.63, 3.8) is 0 Å². The van der Waals surface area contributed by atoms with Crippen LogP contribution in [0.5, 0.6) is 0 Å². The van der Waals surface area contributed by atoms with Crippen LogP contribution in [0.4, 0.5) is 11.4 Å². The fourth-order valence-electron chi connectivity index (χ4n) is 2.81. The van der Waals surface area contributed by atoms with Gasteiger partial charge in [0, 0.05) is 17.9 Å². The highest BCUT2D eigenvalue weighted by molar-refractivity contribution is 7.98. The lowest BCUT2D eigenvalue weighted by molar-refractivity contribution is -0.116. The summed E-state index contributed by atoms with van der Waals surface area (Å²) in [7, 11) is -3.43. The van der Waals surface area contributed by atoms with E-state index in [9.17, 15) is 13.2 Å². The van der Waals surface area contributed by atoms with Gasteiger partial charge in [0.15, 0.2) is 0 Å². The maximum Gasteiger partial charge on any atom is 0.232 e. The van der Waals surface area contributed by atoms with E-state index in [1.807, 2.05) is 56.5 Å². The van der Waals surface area contributed by atoms with Crippen molar-refractivity contribution in [3.8, 4) is 0 Å². The van der Waals surface area contributed by atoms with Crippen LogP contribution < -0.4 is 9.62 Å². The van der Waals surface area contributed by atoms with Gasteiger partial charge in [0.1, 0.15) is 0 Å². The molecule has 146 valence electrons. The minimum atomic E-state index is -3.43. The molecule has 1 N–H and O–H groups in total. The molecule has 7 heteroatoms. The highest BCUT2D eigenvalue weighted by Crippen LogP contribution is 2.26. The average molecular weight is 407 g/mol. The topological polar surface area (TPSA) is 66.5 Å². The zero-order valence-corrected chi connectivity index (χ0v) is 17.8. The maximum absolute atomic E-state index is 12.3.